The lowest BCUT2D eigenvalue weighted by molar-refractivity contribution is -0.123. The first kappa shape index (κ1) is 23.9. The van der Waals surface area contributed by atoms with Crippen molar-refractivity contribution in [2.45, 2.75) is 60.2 Å². The van der Waals surface area contributed by atoms with Crippen LogP contribution in [0, 0.1) is 6.92 Å². The second-order valence-corrected chi connectivity index (χ2v) is 9.31. The molecule has 1 aliphatic heterocycles. The minimum absolute atomic E-state index is 0.0120. The third-order valence-corrected chi connectivity index (χ3v) is 5.80. The molecular formula is C26H32N2O3S. The summed E-state index contributed by atoms with van der Waals surface area (Å²) < 4.78 is 11.9. The fourth-order valence-electron chi connectivity index (χ4n) is 3.25. The summed E-state index contributed by atoms with van der Waals surface area (Å²) in [6.07, 6.45) is 1.90. The molecule has 0 N–H and O–H groups in total. The molecule has 0 aliphatic carbocycles. The maximum Gasteiger partial charge on any atom is 0.266 e. The highest BCUT2D eigenvalue weighted by atomic mass is 32.2. The number of amides is 1. The Morgan fingerprint density at radius 2 is 1.75 bits per heavy atom. The van der Waals surface area contributed by atoms with E-state index in [-0.39, 0.29) is 18.0 Å². The number of hydrogen-bond acceptors (Lipinski definition) is 5. The zero-order valence-corrected chi connectivity index (χ0v) is 20.5. The van der Waals surface area contributed by atoms with Crippen molar-refractivity contribution in [2.75, 3.05) is 6.61 Å². The first-order valence-electron chi connectivity index (χ1n) is 11.0. The first-order valence-corrected chi connectivity index (χ1v) is 11.9. The molecular weight excluding hydrogens is 420 g/mol. The molecule has 0 unspecified atom stereocenters. The van der Waals surface area contributed by atoms with Gasteiger partial charge < -0.3 is 9.47 Å². The molecule has 1 heterocycles. The fraction of sp³-hybridized carbons (Fsp3) is 0.385. The van der Waals surface area contributed by atoms with Crippen LogP contribution < -0.4 is 9.47 Å². The van der Waals surface area contributed by atoms with Gasteiger partial charge in [-0.3, -0.25) is 14.7 Å². The van der Waals surface area contributed by atoms with Crippen molar-refractivity contribution in [3.05, 3.63) is 64.1 Å². The lowest BCUT2D eigenvalue weighted by atomic mass is 10.1. The average Bonchev–Trinajstić information content (AvgIpc) is 3.03. The molecule has 5 nitrogen and oxygen atoms in total. The molecule has 6 heteroatoms. The van der Waals surface area contributed by atoms with Crippen LogP contribution in [0.25, 0.3) is 6.08 Å². The lowest BCUT2D eigenvalue weighted by Gasteiger charge is -2.20. The van der Waals surface area contributed by atoms with E-state index in [9.17, 15) is 4.79 Å². The molecule has 2 aromatic carbocycles. The summed E-state index contributed by atoms with van der Waals surface area (Å²) in [4.78, 5) is 20.1. The standard InChI is InChI=1S/C26H32N2O3S/c1-7-30-23-14-21(12-13-22(23)31-16-20-10-8-19(6)9-11-20)15-24-25(29)28(18(4)5)26(32-24)27-17(2)3/h8-15,17-18H,7,16H2,1-6H3/b24-15+,27-26?. The first-order chi connectivity index (χ1) is 15.3. The molecule has 0 bridgehead atoms. The highest BCUT2D eigenvalue weighted by molar-refractivity contribution is 8.18. The number of aliphatic imine (C=N–C) groups is 1. The van der Waals surface area contributed by atoms with Gasteiger partial charge in [-0.2, -0.15) is 0 Å². The molecule has 1 fully saturated rings. The highest BCUT2D eigenvalue weighted by Gasteiger charge is 2.35. The average molecular weight is 453 g/mol. The second-order valence-electron chi connectivity index (χ2n) is 8.30. The molecule has 0 atom stereocenters. The summed E-state index contributed by atoms with van der Waals surface area (Å²) in [5.41, 5.74) is 3.21. The van der Waals surface area contributed by atoms with Crippen molar-refractivity contribution < 1.29 is 14.3 Å². The number of hydrogen-bond donors (Lipinski definition) is 0. The maximum atomic E-state index is 13.0. The van der Waals surface area contributed by atoms with E-state index in [2.05, 4.69) is 36.2 Å². The SMILES string of the molecule is CCOc1cc(/C=C2/SC(=NC(C)C)N(C(C)C)C2=O)ccc1OCc1ccc(C)cc1. The van der Waals surface area contributed by atoms with Gasteiger partial charge in [-0.15, -0.1) is 0 Å². The van der Waals surface area contributed by atoms with E-state index in [4.69, 9.17) is 9.47 Å². The monoisotopic (exact) mass is 452 g/mol. The zero-order valence-electron chi connectivity index (χ0n) is 19.7. The summed E-state index contributed by atoms with van der Waals surface area (Å²) >= 11 is 1.43. The Balaban J connectivity index is 1.83. The molecule has 1 aliphatic rings. The van der Waals surface area contributed by atoms with E-state index in [0.29, 0.717) is 29.6 Å². The van der Waals surface area contributed by atoms with Crippen LogP contribution in [-0.4, -0.2) is 34.7 Å². The molecule has 1 saturated heterocycles. The molecule has 1 amide bonds. The molecule has 0 spiro atoms. The van der Waals surface area contributed by atoms with Crippen LogP contribution in [0.2, 0.25) is 0 Å². The Morgan fingerprint density at radius 3 is 2.38 bits per heavy atom. The zero-order chi connectivity index (χ0) is 23.3. The van der Waals surface area contributed by atoms with E-state index in [1.54, 1.807) is 4.90 Å². The molecule has 0 saturated carbocycles. The summed E-state index contributed by atoms with van der Waals surface area (Å²) in [7, 11) is 0. The van der Waals surface area contributed by atoms with E-state index in [1.807, 2.05) is 58.9 Å². The third-order valence-electron chi connectivity index (χ3n) is 4.80. The Hall–Kier alpha value is -2.73. The van der Waals surface area contributed by atoms with Crippen molar-refractivity contribution in [1.82, 2.24) is 4.90 Å². The van der Waals surface area contributed by atoms with Crippen LogP contribution in [0.15, 0.2) is 52.4 Å². The Kier molecular flexibility index (Phi) is 8.02. The Morgan fingerprint density at radius 1 is 1.03 bits per heavy atom. The van der Waals surface area contributed by atoms with E-state index < -0.39 is 0 Å². The van der Waals surface area contributed by atoms with Crippen LogP contribution in [0.1, 0.15) is 51.3 Å². The van der Waals surface area contributed by atoms with Gasteiger partial charge in [0.2, 0.25) is 0 Å². The van der Waals surface area contributed by atoms with Crippen molar-refractivity contribution in [3.8, 4) is 11.5 Å². The topological polar surface area (TPSA) is 51.1 Å². The van der Waals surface area contributed by atoms with Crippen LogP contribution in [0.4, 0.5) is 0 Å². The predicted molar refractivity (Wildman–Crippen MR) is 133 cm³/mol. The normalized spacial score (nSPS) is 16.6. The van der Waals surface area contributed by atoms with Gasteiger partial charge in [-0.05, 0) is 82.6 Å². The molecule has 0 aromatic heterocycles. The number of aryl methyl sites for hydroxylation is 1. The van der Waals surface area contributed by atoms with Crippen LogP contribution in [0.3, 0.4) is 0 Å². The number of benzene rings is 2. The van der Waals surface area contributed by atoms with Crippen LogP contribution >= 0.6 is 11.8 Å². The number of carbonyl (C=O) groups excluding carboxylic acids is 1. The maximum absolute atomic E-state index is 13.0. The Bertz CT molecular complexity index is 1010. The van der Waals surface area contributed by atoms with Crippen LogP contribution in [-0.2, 0) is 11.4 Å². The Labute approximate surface area is 195 Å². The third kappa shape index (κ3) is 5.94. The predicted octanol–water partition coefficient (Wildman–Crippen LogP) is 6.06. The van der Waals surface area contributed by atoms with Crippen molar-refractivity contribution >= 4 is 28.9 Å². The van der Waals surface area contributed by atoms with Gasteiger partial charge in [-0.1, -0.05) is 35.9 Å². The number of thioether (sulfide) groups is 1. The highest BCUT2D eigenvalue weighted by Crippen LogP contribution is 2.36. The molecule has 3 rings (SSSR count). The van der Waals surface area contributed by atoms with Gasteiger partial charge in [0.25, 0.3) is 5.91 Å². The van der Waals surface area contributed by atoms with Gasteiger partial charge in [0.1, 0.15) is 6.61 Å². The van der Waals surface area contributed by atoms with Gasteiger partial charge in [0.15, 0.2) is 16.7 Å². The quantitative estimate of drug-likeness (QED) is 0.457. The number of carbonyl (C=O) groups is 1. The summed E-state index contributed by atoms with van der Waals surface area (Å²) in [6, 6.07) is 14.2. The summed E-state index contributed by atoms with van der Waals surface area (Å²) in [5, 5.41) is 0.759. The van der Waals surface area contributed by atoms with Crippen molar-refractivity contribution in [2.24, 2.45) is 4.99 Å². The largest absolute Gasteiger partial charge is 0.490 e. The second kappa shape index (κ2) is 10.7. The van der Waals surface area contributed by atoms with Crippen molar-refractivity contribution in [1.29, 1.82) is 0 Å². The number of rotatable bonds is 8. The van der Waals surface area contributed by atoms with Gasteiger partial charge in [0, 0.05) is 12.1 Å². The van der Waals surface area contributed by atoms with Crippen molar-refractivity contribution in [3.63, 3.8) is 0 Å². The smallest absolute Gasteiger partial charge is 0.266 e. The fourth-order valence-corrected chi connectivity index (χ4v) is 4.48. The molecule has 0 radical (unpaired) electrons. The molecule has 170 valence electrons. The summed E-state index contributed by atoms with van der Waals surface area (Å²) in [6.45, 7) is 13.0. The lowest BCUT2D eigenvalue weighted by Crippen LogP contribution is -2.35. The van der Waals surface area contributed by atoms with Gasteiger partial charge in [0.05, 0.1) is 11.5 Å². The minimum atomic E-state index is -0.0120. The number of ether oxygens (including phenoxy) is 2. The van der Waals surface area contributed by atoms with Gasteiger partial charge in [-0.25, -0.2) is 0 Å². The molecule has 2 aromatic rings. The number of amidine groups is 1. The van der Waals surface area contributed by atoms with E-state index in [0.717, 1.165) is 16.3 Å². The van der Waals surface area contributed by atoms with E-state index >= 15 is 0 Å². The number of nitrogens with zero attached hydrogens (tertiary/aromatic N) is 2. The minimum Gasteiger partial charge on any atom is -0.490 e. The van der Waals surface area contributed by atoms with Gasteiger partial charge >= 0.3 is 0 Å². The van der Waals surface area contributed by atoms with E-state index in [1.165, 1.54) is 17.3 Å². The molecule has 32 heavy (non-hydrogen) atoms. The summed E-state index contributed by atoms with van der Waals surface area (Å²) in [5.74, 6) is 1.34. The van der Waals surface area contributed by atoms with Crippen LogP contribution in [0.5, 0.6) is 11.5 Å².